The van der Waals surface area contributed by atoms with Crippen LogP contribution in [0.15, 0.2) is 48.5 Å². The molecule has 0 aliphatic carbocycles. The lowest BCUT2D eigenvalue weighted by molar-refractivity contribution is -0.122. The number of hydrogen-bond donors (Lipinski definition) is 2. The summed E-state index contributed by atoms with van der Waals surface area (Å²) in [7, 11) is 0. The molecule has 0 bridgehead atoms. The van der Waals surface area contributed by atoms with Crippen molar-refractivity contribution < 1.29 is 14.3 Å². The molecule has 0 unspecified atom stereocenters. The van der Waals surface area contributed by atoms with Crippen LogP contribution in [0.5, 0.6) is 5.75 Å². The highest BCUT2D eigenvalue weighted by atomic mass is 16.5. The minimum atomic E-state index is -0.717. The Hall–Kier alpha value is -2.82. The van der Waals surface area contributed by atoms with E-state index in [-0.39, 0.29) is 11.5 Å². The monoisotopic (exact) mass is 340 g/mol. The van der Waals surface area contributed by atoms with Gasteiger partial charge in [0, 0.05) is 0 Å². The summed E-state index contributed by atoms with van der Waals surface area (Å²) < 4.78 is 5.87. The lowest BCUT2D eigenvalue weighted by atomic mass is 9.98. The zero-order valence-corrected chi connectivity index (χ0v) is 14.8. The van der Waals surface area contributed by atoms with Crippen molar-refractivity contribution in [3.63, 3.8) is 0 Å². The quantitative estimate of drug-likeness (QED) is 0.806. The number of nitrogens with one attached hydrogen (secondary N) is 1. The molecule has 0 heterocycles. The summed E-state index contributed by atoms with van der Waals surface area (Å²) in [6, 6.07) is 14.3. The van der Waals surface area contributed by atoms with Crippen LogP contribution in [-0.2, 0) is 4.79 Å². The van der Waals surface area contributed by atoms with Gasteiger partial charge in [-0.25, -0.2) is 0 Å². The first-order valence-electron chi connectivity index (χ1n) is 8.39. The molecular weight excluding hydrogens is 316 g/mol. The van der Waals surface area contributed by atoms with Crippen molar-refractivity contribution in [1.29, 1.82) is 0 Å². The van der Waals surface area contributed by atoms with E-state index in [0.29, 0.717) is 17.4 Å². The minimum Gasteiger partial charge on any atom is -0.481 e. The molecule has 5 heteroatoms. The van der Waals surface area contributed by atoms with Crippen LogP contribution in [0.2, 0.25) is 0 Å². The number of benzene rings is 2. The van der Waals surface area contributed by atoms with Crippen molar-refractivity contribution in [2.75, 3.05) is 5.32 Å². The second kappa shape index (κ2) is 8.33. The summed E-state index contributed by atoms with van der Waals surface area (Å²) in [6.45, 7) is 5.91. The van der Waals surface area contributed by atoms with Crippen molar-refractivity contribution in [3.8, 4) is 5.75 Å². The molecular formula is C20H24N2O3. The Balaban J connectivity index is 2.13. The third kappa shape index (κ3) is 4.59. The first-order chi connectivity index (χ1) is 11.9. The number of nitrogens with two attached hydrogens (primary N) is 1. The van der Waals surface area contributed by atoms with Crippen molar-refractivity contribution >= 4 is 17.5 Å². The van der Waals surface area contributed by atoms with Crippen molar-refractivity contribution in [2.45, 2.75) is 39.2 Å². The third-order valence-corrected chi connectivity index (χ3v) is 4.19. The molecule has 0 saturated carbocycles. The summed E-state index contributed by atoms with van der Waals surface area (Å²) in [4.78, 5) is 23.9. The molecule has 3 N–H and O–H groups in total. The van der Waals surface area contributed by atoms with E-state index in [4.69, 9.17) is 10.5 Å². The van der Waals surface area contributed by atoms with Gasteiger partial charge in [-0.15, -0.1) is 0 Å². The van der Waals surface area contributed by atoms with Crippen molar-refractivity contribution in [2.24, 2.45) is 5.73 Å². The van der Waals surface area contributed by atoms with Gasteiger partial charge in [-0.05, 0) is 43.0 Å². The Labute approximate surface area is 148 Å². The molecule has 0 radical (unpaired) electrons. The van der Waals surface area contributed by atoms with E-state index in [2.05, 4.69) is 19.2 Å². The maximum absolute atomic E-state index is 12.5. The number of carbonyl (C=O) groups is 2. The third-order valence-electron chi connectivity index (χ3n) is 4.19. The van der Waals surface area contributed by atoms with Crippen LogP contribution < -0.4 is 15.8 Å². The first kappa shape index (κ1) is 18.5. The molecule has 5 nitrogen and oxygen atoms in total. The van der Waals surface area contributed by atoms with Crippen LogP contribution >= 0.6 is 0 Å². The van der Waals surface area contributed by atoms with Gasteiger partial charge in [0.1, 0.15) is 5.75 Å². The average Bonchev–Trinajstić information content (AvgIpc) is 2.61. The Kier molecular flexibility index (Phi) is 6.17. The Morgan fingerprint density at radius 1 is 1.08 bits per heavy atom. The van der Waals surface area contributed by atoms with E-state index in [0.717, 1.165) is 12.0 Å². The first-order valence-corrected chi connectivity index (χ1v) is 8.39. The highest BCUT2D eigenvalue weighted by Crippen LogP contribution is 2.29. The van der Waals surface area contributed by atoms with E-state index >= 15 is 0 Å². The summed E-state index contributed by atoms with van der Waals surface area (Å²) >= 11 is 0. The lowest BCUT2D eigenvalue weighted by Crippen LogP contribution is -2.31. The van der Waals surface area contributed by atoms with E-state index in [1.54, 1.807) is 31.2 Å². The van der Waals surface area contributed by atoms with Gasteiger partial charge in [0.25, 0.3) is 11.8 Å². The van der Waals surface area contributed by atoms with E-state index in [1.807, 2.05) is 24.3 Å². The number of hydrogen-bond acceptors (Lipinski definition) is 3. The topological polar surface area (TPSA) is 81.4 Å². The normalized spacial score (nSPS) is 12.9. The molecule has 0 fully saturated rings. The highest BCUT2D eigenvalue weighted by Gasteiger charge is 2.19. The van der Waals surface area contributed by atoms with Gasteiger partial charge in [0.05, 0.1) is 11.3 Å². The zero-order chi connectivity index (χ0) is 18.4. The van der Waals surface area contributed by atoms with Crippen LogP contribution in [-0.4, -0.2) is 17.9 Å². The summed E-state index contributed by atoms with van der Waals surface area (Å²) in [5, 5.41) is 2.71. The Bertz CT molecular complexity index is 758. The molecule has 0 aromatic heterocycles. The van der Waals surface area contributed by atoms with Gasteiger partial charge in [0.15, 0.2) is 6.10 Å². The molecule has 132 valence electrons. The summed E-state index contributed by atoms with van der Waals surface area (Å²) in [5.41, 5.74) is 7.06. The molecule has 0 aliphatic heterocycles. The van der Waals surface area contributed by atoms with Crippen LogP contribution in [0.3, 0.4) is 0 Å². The number of carbonyl (C=O) groups excluding carboxylic acids is 2. The maximum Gasteiger partial charge on any atom is 0.265 e. The number of rotatable bonds is 7. The fourth-order valence-electron chi connectivity index (χ4n) is 2.50. The second-order valence-electron chi connectivity index (χ2n) is 6.01. The molecule has 2 rings (SSSR count). The second-order valence-corrected chi connectivity index (χ2v) is 6.01. The van der Waals surface area contributed by atoms with Gasteiger partial charge in [-0.3, -0.25) is 9.59 Å². The van der Waals surface area contributed by atoms with Crippen LogP contribution in [0.25, 0.3) is 0 Å². The predicted molar refractivity (Wildman–Crippen MR) is 98.8 cm³/mol. The van der Waals surface area contributed by atoms with Crippen molar-refractivity contribution in [1.82, 2.24) is 0 Å². The largest absolute Gasteiger partial charge is 0.481 e. The van der Waals surface area contributed by atoms with Gasteiger partial charge in [-0.1, -0.05) is 44.2 Å². The maximum atomic E-state index is 12.5. The molecule has 2 aromatic carbocycles. The SMILES string of the molecule is CC[C@H](C)c1ccccc1O[C@H](C)C(=O)Nc1ccccc1C(N)=O. The van der Waals surface area contributed by atoms with Gasteiger partial charge < -0.3 is 15.8 Å². The van der Waals surface area contributed by atoms with Gasteiger partial charge >= 0.3 is 0 Å². The van der Waals surface area contributed by atoms with Gasteiger partial charge in [0.2, 0.25) is 0 Å². The van der Waals surface area contributed by atoms with Crippen molar-refractivity contribution in [3.05, 3.63) is 59.7 Å². The molecule has 0 saturated heterocycles. The summed E-state index contributed by atoms with van der Waals surface area (Å²) in [5.74, 6) is 0.101. The molecule has 0 aliphatic rings. The number of primary amides is 1. The number of amides is 2. The molecule has 0 spiro atoms. The number of anilines is 1. The number of para-hydroxylation sites is 2. The predicted octanol–water partition coefficient (Wildman–Crippen LogP) is 3.71. The fraction of sp³-hybridized carbons (Fsp3) is 0.300. The fourth-order valence-corrected chi connectivity index (χ4v) is 2.50. The van der Waals surface area contributed by atoms with Crippen LogP contribution in [0, 0.1) is 0 Å². The Morgan fingerprint density at radius 2 is 1.72 bits per heavy atom. The molecule has 2 aromatic rings. The lowest BCUT2D eigenvalue weighted by Gasteiger charge is -2.20. The van der Waals surface area contributed by atoms with E-state index in [9.17, 15) is 9.59 Å². The van der Waals surface area contributed by atoms with Gasteiger partial charge in [-0.2, -0.15) is 0 Å². The standard InChI is InChI=1S/C20H24N2O3/c1-4-13(2)15-9-6-8-12-18(15)25-14(3)20(24)22-17-11-7-5-10-16(17)19(21)23/h5-14H,4H2,1-3H3,(H2,21,23)(H,22,24)/t13-,14+/m0/s1. The van der Waals surface area contributed by atoms with Crippen LogP contribution in [0.4, 0.5) is 5.69 Å². The number of ether oxygens (including phenoxy) is 1. The van der Waals surface area contributed by atoms with Crippen LogP contribution in [0.1, 0.15) is 49.0 Å². The molecule has 2 atom stereocenters. The van der Waals surface area contributed by atoms with E-state index < -0.39 is 12.0 Å². The van der Waals surface area contributed by atoms with E-state index in [1.165, 1.54) is 0 Å². The Morgan fingerprint density at radius 3 is 2.40 bits per heavy atom. The molecule has 25 heavy (non-hydrogen) atoms. The minimum absolute atomic E-state index is 0.267. The average molecular weight is 340 g/mol. The smallest absolute Gasteiger partial charge is 0.265 e. The highest BCUT2D eigenvalue weighted by molar-refractivity contribution is 6.03. The zero-order valence-electron chi connectivity index (χ0n) is 14.8. The molecule has 2 amide bonds. The summed E-state index contributed by atoms with van der Waals surface area (Å²) in [6.07, 6.45) is 0.263.